The largest absolute Gasteiger partial charge is 0.481 e. The number of anilines is 1. The van der Waals surface area contributed by atoms with E-state index in [0.717, 1.165) is 5.69 Å². The summed E-state index contributed by atoms with van der Waals surface area (Å²) in [5, 5.41) is 0. The lowest BCUT2D eigenvalue weighted by molar-refractivity contribution is 0.398. The number of aromatic nitrogens is 2. The standard InChI is InChI=1S/C12H16N4O3S/c1-16-8-11(5-10(16)6-13)20(17,18)15-9-3-4-12(19-2)14-7-9/h3-5,7-8,15H,6,13H2,1-2H3. The Morgan fingerprint density at radius 1 is 1.45 bits per heavy atom. The summed E-state index contributed by atoms with van der Waals surface area (Å²) in [6.07, 6.45) is 2.91. The highest BCUT2D eigenvalue weighted by atomic mass is 32.2. The van der Waals surface area contributed by atoms with Gasteiger partial charge in [-0.15, -0.1) is 0 Å². The van der Waals surface area contributed by atoms with Gasteiger partial charge in [0.1, 0.15) is 4.90 Å². The van der Waals surface area contributed by atoms with Crippen molar-refractivity contribution in [1.29, 1.82) is 0 Å². The molecule has 0 unspecified atom stereocenters. The van der Waals surface area contributed by atoms with E-state index in [1.54, 1.807) is 29.8 Å². The Bertz CT molecular complexity index is 692. The van der Waals surface area contributed by atoms with E-state index in [1.165, 1.54) is 19.5 Å². The highest BCUT2D eigenvalue weighted by Crippen LogP contribution is 2.18. The van der Waals surface area contributed by atoms with E-state index in [9.17, 15) is 8.42 Å². The van der Waals surface area contributed by atoms with Crippen LogP contribution in [0.25, 0.3) is 0 Å². The van der Waals surface area contributed by atoms with Crippen LogP contribution < -0.4 is 15.2 Å². The fourth-order valence-electron chi connectivity index (χ4n) is 1.70. The molecule has 0 fully saturated rings. The quantitative estimate of drug-likeness (QED) is 0.845. The van der Waals surface area contributed by atoms with Crippen LogP contribution in [0.15, 0.2) is 35.5 Å². The second-order valence-electron chi connectivity index (χ2n) is 4.18. The smallest absolute Gasteiger partial charge is 0.263 e. The van der Waals surface area contributed by atoms with Crippen molar-refractivity contribution in [2.75, 3.05) is 11.8 Å². The van der Waals surface area contributed by atoms with Gasteiger partial charge in [0.15, 0.2) is 0 Å². The Balaban J connectivity index is 2.25. The normalized spacial score (nSPS) is 11.3. The zero-order valence-electron chi connectivity index (χ0n) is 11.2. The molecule has 0 saturated heterocycles. The fraction of sp³-hybridized carbons (Fsp3) is 0.250. The number of hydrogen-bond donors (Lipinski definition) is 2. The number of nitrogens with one attached hydrogen (secondary N) is 1. The first kappa shape index (κ1) is 14.4. The Hall–Kier alpha value is -2.06. The fourth-order valence-corrected chi connectivity index (χ4v) is 2.84. The molecule has 0 aromatic carbocycles. The number of aryl methyl sites for hydroxylation is 1. The predicted molar refractivity (Wildman–Crippen MR) is 74.9 cm³/mol. The van der Waals surface area contributed by atoms with Gasteiger partial charge in [-0.25, -0.2) is 13.4 Å². The molecule has 0 aliphatic rings. The summed E-state index contributed by atoms with van der Waals surface area (Å²) in [5.41, 5.74) is 6.63. The summed E-state index contributed by atoms with van der Waals surface area (Å²) in [6, 6.07) is 4.70. The Morgan fingerprint density at radius 2 is 2.20 bits per heavy atom. The zero-order valence-corrected chi connectivity index (χ0v) is 12.0. The number of rotatable bonds is 5. The third kappa shape index (κ3) is 2.91. The van der Waals surface area contributed by atoms with Gasteiger partial charge in [0.05, 0.1) is 19.0 Å². The molecule has 8 heteroatoms. The first-order chi connectivity index (χ1) is 9.46. The highest BCUT2D eigenvalue weighted by Gasteiger charge is 2.17. The number of nitrogens with zero attached hydrogens (tertiary/aromatic N) is 2. The molecule has 0 saturated carbocycles. The van der Waals surface area contributed by atoms with Crippen LogP contribution in [0.5, 0.6) is 5.88 Å². The van der Waals surface area contributed by atoms with E-state index >= 15 is 0 Å². The van der Waals surface area contributed by atoms with Crippen molar-refractivity contribution in [1.82, 2.24) is 9.55 Å². The lowest BCUT2D eigenvalue weighted by atomic mass is 10.4. The maximum atomic E-state index is 12.2. The molecule has 0 spiro atoms. The maximum Gasteiger partial charge on any atom is 0.263 e. The number of nitrogens with two attached hydrogens (primary N) is 1. The minimum absolute atomic E-state index is 0.163. The summed E-state index contributed by atoms with van der Waals surface area (Å²) >= 11 is 0. The van der Waals surface area contributed by atoms with Gasteiger partial charge in [0, 0.05) is 31.5 Å². The number of sulfonamides is 1. The van der Waals surface area contributed by atoms with Gasteiger partial charge in [-0.05, 0) is 12.1 Å². The molecule has 0 atom stereocenters. The number of pyridine rings is 1. The van der Waals surface area contributed by atoms with Crippen molar-refractivity contribution in [3.63, 3.8) is 0 Å². The van der Waals surface area contributed by atoms with E-state index in [4.69, 9.17) is 10.5 Å². The molecular formula is C12H16N4O3S. The van der Waals surface area contributed by atoms with E-state index in [-0.39, 0.29) is 11.4 Å². The molecule has 2 aromatic heterocycles. The Morgan fingerprint density at radius 3 is 2.70 bits per heavy atom. The van der Waals surface area contributed by atoms with Crippen LogP contribution >= 0.6 is 0 Å². The summed E-state index contributed by atoms with van der Waals surface area (Å²) in [5.74, 6) is 0.415. The molecule has 2 rings (SSSR count). The minimum atomic E-state index is -3.65. The molecule has 0 bridgehead atoms. The molecule has 0 amide bonds. The number of hydrogen-bond acceptors (Lipinski definition) is 5. The summed E-state index contributed by atoms with van der Waals surface area (Å²) in [7, 11) is -0.415. The first-order valence-corrected chi connectivity index (χ1v) is 7.33. The van der Waals surface area contributed by atoms with Gasteiger partial charge in [0.2, 0.25) is 5.88 Å². The molecule has 2 aromatic rings. The van der Waals surface area contributed by atoms with Crippen LogP contribution in [-0.4, -0.2) is 25.1 Å². The van der Waals surface area contributed by atoms with E-state index < -0.39 is 10.0 Å². The van der Waals surface area contributed by atoms with Crippen molar-refractivity contribution in [2.45, 2.75) is 11.4 Å². The van der Waals surface area contributed by atoms with E-state index in [2.05, 4.69) is 9.71 Å². The highest BCUT2D eigenvalue weighted by molar-refractivity contribution is 7.92. The lowest BCUT2D eigenvalue weighted by Crippen LogP contribution is -2.12. The van der Waals surface area contributed by atoms with Crippen molar-refractivity contribution in [3.05, 3.63) is 36.3 Å². The average Bonchev–Trinajstić information content (AvgIpc) is 2.81. The van der Waals surface area contributed by atoms with Crippen LogP contribution in [0, 0.1) is 0 Å². The Labute approximate surface area is 117 Å². The third-order valence-corrected chi connectivity index (χ3v) is 4.15. The van der Waals surface area contributed by atoms with E-state index in [0.29, 0.717) is 11.6 Å². The van der Waals surface area contributed by atoms with Crippen molar-refractivity contribution < 1.29 is 13.2 Å². The molecule has 0 radical (unpaired) electrons. The van der Waals surface area contributed by atoms with Crippen LogP contribution in [0.3, 0.4) is 0 Å². The second kappa shape index (κ2) is 5.51. The third-order valence-electron chi connectivity index (χ3n) is 2.80. The summed E-state index contributed by atoms with van der Waals surface area (Å²) in [6.45, 7) is 0.274. The van der Waals surface area contributed by atoms with Gasteiger partial charge < -0.3 is 15.0 Å². The molecule has 0 aliphatic heterocycles. The number of methoxy groups -OCH3 is 1. The zero-order chi connectivity index (χ0) is 14.8. The van der Waals surface area contributed by atoms with Gasteiger partial charge in [-0.1, -0.05) is 0 Å². The van der Waals surface area contributed by atoms with Gasteiger partial charge in [0.25, 0.3) is 10.0 Å². The van der Waals surface area contributed by atoms with Crippen LogP contribution in [0.4, 0.5) is 5.69 Å². The average molecular weight is 296 g/mol. The van der Waals surface area contributed by atoms with E-state index in [1.807, 2.05) is 0 Å². The summed E-state index contributed by atoms with van der Waals surface area (Å²) in [4.78, 5) is 4.10. The molecule has 20 heavy (non-hydrogen) atoms. The molecule has 3 N–H and O–H groups in total. The Kier molecular flexibility index (Phi) is 3.96. The van der Waals surface area contributed by atoms with Crippen LogP contribution in [-0.2, 0) is 23.6 Å². The molecule has 108 valence electrons. The number of ether oxygens (including phenoxy) is 1. The molecular weight excluding hydrogens is 280 g/mol. The predicted octanol–water partition coefficient (Wildman–Crippen LogP) is 0.688. The second-order valence-corrected chi connectivity index (χ2v) is 5.86. The monoisotopic (exact) mass is 296 g/mol. The van der Waals surface area contributed by atoms with Crippen molar-refractivity contribution in [2.24, 2.45) is 12.8 Å². The SMILES string of the molecule is COc1ccc(NS(=O)(=O)c2cc(CN)n(C)c2)cn1. The van der Waals surface area contributed by atoms with Crippen LogP contribution in [0.1, 0.15) is 5.69 Å². The van der Waals surface area contributed by atoms with Crippen LogP contribution in [0.2, 0.25) is 0 Å². The topological polar surface area (TPSA) is 99.2 Å². The lowest BCUT2D eigenvalue weighted by Gasteiger charge is -2.06. The van der Waals surface area contributed by atoms with Crippen molar-refractivity contribution >= 4 is 15.7 Å². The van der Waals surface area contributed by atoms with Gasteiger partial charge >= 0.3 is 0 Å². The maximum absolute atomic E-state index is 12.2. The van der Waals surface area contributed by atoms with Gasteiger partial charge in [-0.3, -0.25) is 4.72 Å². The van der Waals surface area contributed by atoms with Crippen molar-refractivity contribution in [3.8, 4) is 5.88 Å². The summed E-state index contributed by atoms with van der Waals surface area (Å²) < 4.78 is 33.5. The first-order valence-electron chi connectivity index (χ1n) is 5.84. The molecule has 2 heterocycles. The minimum Gasteiger partial charge on any atom is -0.481 e. The van der Waals surface area contributed by atoms with Gasteiger partial charge in [-0.2, -0.15) is 0 Å². The molecule has 7 nitrogen and oxygen atoms in total. The molecule has 0 aliphatic carbocycles.